The molecule has 0 heterocycles. The lowest BCUT2D eigenvalue weighted by Crippen LogP contribution is -1.95. The third-order valence-electron chi connectivity index (χ3n) is 2.42. The Labute approximate surface area is 82.7 Å². The molecule has 1 aliphatic rings. The Morgan fingerprint density at radius 1 is 1.08 bits per heavy atom. The van der Waals surface area contributed by atoms with E-state index in [9.17, 15) is 0 Å². The van der Waals surface area contributed by atoms with Gasteiger partial charge in [-0.05, 0) is 36.7 Å². The van der Waals surface area contributed by atoms with Gasteiger partial charge < -0.3 is 0 Å². The molecular weight excluding hydrogens is 156 g/mol. The van der Waals surface area contributed by atoms with Crippen molar-refractivity contribution in [3.05, 3.63) is 23.3 Å². The van der Waals surface area contributed by atoms with Gasteiger partial charge in [-0.1, -0.05) is 45.4 Å². The van der Waals surface area contributed by atoms with Crippen LogP contribution in [-0.4, -0.2) is 0 Å². The van der Waals surface area contributed by atoms with Crippen LogP contribution in [0, 0.1) is 11.8 Å². The molecule has 0 amide bonds. The molecule has 0 fully saturated rings. The Morgan fingerprint density at radius 3 is 2.23 bits per heavy atom. The zero-order valence-electron chi connectivity index (χ0n) is 9.43. The van der Waals surface area contributed by atoms with Crippen LogP contribution in [0.1, 0.15) is 47.0 Å². The largest absolute Gasteiger partial charge is 0.0802 e. The van der Waals surface area contributed by atoms with Gasteiger partial charge in [0.05, 0.1) is 0 Å². The standard InChI is InChI=1S/C13H22/c1-10(2)8-12-6-5-7-13(12)9-11(3)4/h5-6,10-11H,7-9H2,1-4H3. The lowest BCUT2D eigenvalue weighted by molar-refractivity contribution is 0.613. The number of hydrogen-bond acceptors (Lipinski definition) is 0. The number of allylic oxidation sites excluding steroid dienone is 4. The van der Waals surface area contributed by atoms with Gasteiger partial charge in [0, 0.05) is 0 Å². The Bertz CT molecular complexity index is 216. The lowest BCUT2D eigenvalue weighted by Gasteiger charge is -2.11. The Hall–Kier alpha value is -0.520. The van der Waals surface area contributed by atoms with Gasteiger partial charge in [-0.2, -0.15) is 0 Å². The summed E-state index contributed by atoms with van der Waals surface area (Å²) in [7, 11) is 0. The van der Waals surface area contributed by atoms with Gasteiger partial charge in [-0.15, -0.1) is 0 Å². The third kappa shape index (κ3) is 3.38. The molecule has 0 nitrogen and oxygen atoms in total. The number of rotatable bonds is 4. The summed E-state index contributed by atoms with van der Waals surface area (Å²) in [5.41, 5.74) is 3.30. The van der Waals surface area contributed by atoms with Crippen molar-refractivity contribution < 1.29 is 0 Å². The van der Waals surface area contributed by atoms with Crippen molar-refractivity contribution in [1.29, 1.82) is 0 Å². The molecule has 1 aliphatic carbocycles. The second kappa shape index (κ2) is 4.64. The molecule has 0 saturated carbocycles. The molecule has 0 atom stereocenters. The average Bonchev–Trinajstić information content (AvgIpc) is 2.34. The van der Waals surface area contributed by atoms with Gasteiger partial charge in [-0.3, -0.25) is 0 Å². The van der Waals surface area contributed by atoms with E-state index in [0.717, 1.165) is 11.8 Å². The first-order valence-corrected chi connectivity index (χ1v) is 5.47. The van der Waals surface area contributed by atoms with E-state index in [1.807, 2.05) is 0 Å². The first-order valence-electron chi connectivity index (χ1n) is 5.47. The van der Waals surface area contributed by atoms with Crippen molar-refractivity contribution in [3.63, 3.8) is 0 Å². The molecule has 1 rings (SSSR count). The van der Waals surface area contributed by atoms with Crippen LogP contribution in [0.25, 0.3) is 0 Å². The fourth-order valence-electron chi connectivity index (χ4n) is 1.95. The van der Waals surface area contributed by atoms with E-state index >= 15 is 0 Å². The van der Waals surface area contributed by atoms with Crippen molar-refractivity contribution in [3.8, 4) is 0 Å². The predicted octanol–water partition coefficient (Wildman–Crippen LogP) is 4.34. The molecular formula is C13H22. The molecule has 0 aromatic carbocycles. The maximum absolute atomic E-state index is 2.33. The second-order valence-corrected chi connectivity index (χ2v) is 4.93. The summed E-state index contributed by atoms with van der Waals surface area (Å²) < 4.78 is 0. The summed E-state index contributed by atoms with van der Waals surface area (Å²) in [6, 6.07) is 0. The van der Waals surface area contributed by atoms with Crippen LogP contribution in [0.4, 0.5) is 0 Å². The molecule has 0 unspecified atom stereocenters. The van der Waals surface area contributed by atoms with Crippen LogP contribution in [0.3, 0.4) is 0 Å². The quantitative estimate of drug-likeness (QED) is 0.601. The van der Waals surface area contributed by atoms with E-state index in [2.05, 4.69) is 39.8 Å². The lowest BCUT2D eigenvalue weighted by atomic mass is 9.95. The molecule has 0 bridgehead atoms. The summed E-state index contributed by atoms with van der Waals surface area (Å²) in [5.74, 6) is 1.59. The van der Waals surface area contributed by atoms with E-state index in [0.29, 0.717) is 0 Å². The second-order valence-electron chi connectivity index (χ2n) is 4.93. The number of hydrogen-bond donors (Lipinski definition) is 0. The summed E-state index contributed by atoms with van der Waals surface area (Å²) in [6.45, 7) is 9.20. The van der Waals surface area contributed by atoms with Gasteiger partial charge in [0.15, 0.2) is 0 Å². The van der Waals surface area contributed by atoms with Crippen LogP contribution in [-0.2, 0) is 0 Å². The Balaban J connectivity index is 2.59. The first kappa shape index (κ1) is 10.6. The van der Waals surface area contributed by atoms with E-state index < -0.39 is 0 Å². The van der Waals surface area contributed by atoms with Gasteiger partial charge >= 0.3 is 0 Å². The fourth-order valence-corrected chi connectivity index (χ4v) is 1.95. The highest BCUT2D eigenvalue weighted by Gasteiger charge is 2.11. The van der Waals surface area contributed by atoms with E-state index in [1.165, 1.54) is 19.3 Å². The van der Waals surface area contributed by atoms with Crippen molar-refractivity contribution in [2.24, 2.45) is 11.8 Å². The third-order valence-corrected chi connectivity index (χ3v) is 2.42. The Kier molecular flexibility index (Phi) is 3.77. The van der Waals surface area contributed by atoms with Crippen molar-refractivity contribution in [2.45, 2.75) is 47.0 Å². The molecule has 0 radical (unpaired) electrons. The molecule has 0 N–H and O–H groups in total. The summed E-state index contributed by atoms with van der Waals surface area (Å²) >= 11 is 0. The van der Waals surface area contributed by atoms with Crippen molar-refractivity contribution >= 4 is 0 Å². The van der Waals surface area contributed by atoms with Gasteiger partial charge in [0.1, 0.15) is 0 Å². The fraction of sp³-hybridized carbons (Fsp3) is 0.692. The molecule has 0 aliphatic heterocycles. The minimum atomic E-state index is 0.792. The van der Waals surface area contributed by atoms with Crippen LogP contribution in [0.5, 0.6) is 0 Å². The summed E-state index contributed by atoms with van der Waals surface area (Å²) in [5, 5.41) is 0. The van der Waals surface area contributed by atoms with E-state index in [4.69, 9.17) is 0 Å². The maximum atomic E-state index is 2.33. The van der Waals surface area contributed by atoms with Gasteiger partial charge in [0.25, 0.3) is 0 Å². The van der Waals surface area contributed by atoms with Crippen LogP contribution < -0.4 is 0 Å². The summed E-state index contributed by atoms with van der Waals surface area (Å²) in [4.78, 5) is 0. The molecule has 0 saturated heterocycles. The minimum Gasteiger partial charge on any atom is -0.0802 e. The van der Waals surface area contributed by atoms with Crippen LogP contribution >= 0.6 is 0 Å². The molecule has 0 spiro atoms. The maximum Gasteiger partial charge on any atom is -0.0130 e. The highest BCUT2D eigenvalue weighted by atomic mass is 14.2. The molecule has 0 heteroatoms. The van der Waals surface area contributed by atoms with Gasteiger partial charge in [-0.25, -0.2) is 0 Å². The van der Waals surface area contributed by atoms with Crippen LogP contribution in [0.2, 0.25) is 0 Å². The minimum absolute atomic E-state index is 0.792. The topological polar surface area (TPSA) is 0 Å². The highest BCUT2D eigenvalue weighted by Crippen LogP contribution is 2.29. The van der Waals surface area contributed by atoms with E-state index in [1.54, 1.807) is 11.1 Å². The van der Waals surface area contributed by atoms with Crippen molar-refractivity contribution in [1.82, 2.24) is 0 Å². The molecule has 0 aromatic rings. The molecule has 13 heavy (non-hydrogen) atoms. The zero-order valence-corrected chi connectivity index (χ0v) is 9.43. The molecule has 74 valence electrons. The Morgan fingerprint density at radius 2 is 1.69 bits per heavy atom. The van der Waals surface area contributed by atoms with Crippen LogP contribution in [0.15, 0.2) is 23.3 Å². The molecule has 0 aromatic heterocycles. The monoisotopic (exact) mass is 178 g/mol. The van der Waals surface area contributed by atoms with Crippen molar-refractivity contribution in [2.75, 3.05) is 0 Å². The first-order chi connectivity index (χ1) is 6.09. The average molecular weight is 178 g/mol. The van der Waals surface area contributed by atoms with E-state index in [-0.39, 0.29) is 0 Å². The SMILES string of the molecule is CC(C)CC1=C(CC(C)C)CC=C1. The predicted molar refractivity (Wildman–Crippen MR) is 59.7 cm³/mol. The smallest absolute Gasteiger partial charge is 0.0130 e. The van der Waals surface area contributed by atoms with Gasteiger partial charge in [0.2, 0.25) is 0 Å². The highest BCUT2D eigenvalue weighted by molar-refractivity contribution is 5.34. The zero-order chi connectivity index (χ0) is 9.84. The normalized spacial score (nSPS) is 16.8. The summed E-state index contributed by atoms with van der Waals surface area (Å²) in [6.07, 6.45) is 8.40.